The summed E-state index contributed by atoms with van der Waals surface area (Å²) < 4.78 is 42.1. The molecule has 4 N–H and O–H groups in total. The fourth-order valence-electron chi connectivity index (χ4n) is 4.32. The molecule has 1 aromatic carbocycles. The van der Waals surface area contributed by atoms with Crippen molar-refractivity contribution in [3.05, 3.63) is 77.5 Å². The maximum absolute atomic E-state index is 14.3. The van der Waals surface area contributed by atoms with Crippen molar-refractivity contribution >= 4 is 11.6 Å². The Labute approximate surface area is 188 Å². The maximum atomic E-state index is 14.3. The van der Waals surface area contributed by atoms with Crippen LogP contribution in [0.5, 0.6) is 0 Å². The van der Waals surface area contributed by atoms with Crippen molar-refractivity contribution < 1.29 is 23.1 Å². The Kier molecular flexibility index (Phi) is 6.44. The fourth-order valence-corrected chi connectivity index (χ4v) is 4.32. The summed E-state index contributed by atoms with van der Waals surface area (Å²) in [4.78, 5) is 20.9. The highest BCUT2D eigenvalue weighted by Gasteiger charge is 2.34. The van der Waals surface area contributed by atoms with E-state index < -0.39 is 41.2 Å². The molecule has 3 aromatic rings. The number of nitrogens with two attached hydrogens (primary N) is 1. The van der Waals surface area contributed by atoms with E-state index in [2.05, 4.69) is 15.3 Å². The Morgan fingerprint density at radius 3 is 2.67 bits per heavy atom. The molecule has 33 heavy (non-hydrogen) atoms. The van der Waals surface area contributed by atoms with E-state index >= 15 is 0 Å². The van der Waals surface area contributed by atoms with Gasteiger partial charge in [0.15, 0.2) is 11.6 Å². The molecule has 1 amide bonds. The summed E-state index contributed by atoms with van der Waals surface area (Å²) in [7, 11) is 0. The second-order valence-electron chi connectivity index (χ2n) is 8.35. The summed E-state index contributed by atoms with van der Waals surface area (Å²) in [6.07, 6.45) is 3.72. The molecule has 0 aliphatic heterocycles. The number of carbonyl (C=O) groups excluding carboxylic acids is 1. The Hall–Kier alpha value is -3.30. The van der Waals surface area contributed by atoms with Gasteiger partial charge in [-0.15, -0.1) is 0 Å². The Morgan fingerprint density at radius 2 is 1.91 bits per heavy atom. The summed E-state index contributed by atoms with van der Waals surface area (Å²) in [5.41, 5.74) is 6.32. The Morgan fingerprint density at radius 1 is 1.12 bits per heavy atom. The van der Waals surface area contributed by atoms with Crippen LogP contribution in [0.4, 0.5) is 18.9 Å². The number of carbonyl (C=O) groups is 1. The number of aromatic nitrogens is 2. The van der Waals surface area contributed by atoms with Crippen LogP contribution in [0, 0.1) is 23.4 Å². The Bertz CT molecular complexity index is 1180. The van der Waals surface area contributed by atoms with Crippen molar-refractivity contribution in [1.82, 2.24) is 9.97 Å². The van der Waals surface area contributed by atoms with Gasteiger partial charge in [0, 0.05) is 17.8 Å². The molecule has 1 aliphatic rings. The molecular weight excluding hydrogens is 433 g/mol. The lowest BCUT2D eigenvalue weighted by molar-refractivity contribution is 0.0521. The van der Waals surface area contributed by atoms with Crippen molar-refractivity contribution in [2.75, 3.05) is 5.32 Å². The van der Waals surface area contributed by atoms with Crippen LogP contribution in [0.1, 0.15) is 41.7 Å². The third-order valence-corrected chi connectivity index (χ3v) is 6.06. The van der Waals surface area contributed by atoms with Gasteiger partial charge in [-0.25, -0.2) is 18.2 Å². The molecule has 0 bridgehead atoms. The molecule has 0 spiro atoms. The molecule has 0 unspecified atom stereocenters. The van der Waals surface area contributed by atoms with Crippen LogP contribution in [-0.4, -0.2) is 33.1 Å². The largest absolute Gasteiger partial charge is 0.391 e. The van der Waals surface area contributed by atoms with Crippen LogP contribution >= 0.6 is 0 Å². The molecule has 2 aromatic heterocycles. The lowest BCUT2D eigenvalue weighted by atomic mass is 9.74. The number of hydrogen-bond acceptors (Lipinski definition) is 5. The first kappa shape index (κ1) is 22.9. The van der Waals surface area contributed by atoms with Crippen molar-refractivity contribution in [1.29, 1.82) is 0 Å². The third-order valence-electron chi connectivity index (χ3n) is 6.06. The molecule has 4 rings (SSSR count). The van der Waals surface area contributed by atoms with Gasteiger partial charge in [-0.2, -0.15) is 0 Å². The number of benzene rings is 1. The number of aliphatic hydroxyl groups excluding tert-OH is 1. The molecule has 1 saturated carbocycles. The zero-order chi connectivity index (χ0) is 23.7. The van der Waals surface area contributed by atoms with Gasteiger partial charge in [-0.05, 0) is 60.6 Å². The van der Waals surface area contributed by atoms with E-state index in [9.17, 15) is 23.1 Å². The lowest BCUT2D eigenvalue weighted by Gasteiger charge is -2.36. The van der Waals surface area contributed by atoms with Gasteiger partial charge in [-0.3, -0.25) is 9.78 Å². The first-order chi connectivity index (χ1) is 15.8. The van der Waals surface area contributed by atoms with Crippen LogP contribution in [0.2, 0.25) is 0 Å². The highest BCUT2D eigenvalue weighted by molar-refractivity contribution is 6.03. The lowest BCUT2D eigenvalue weighted by Crippen LogP contribution is -2.44. The second kappa shape index (κ2) is 9.29. The molecule has 6 nitrogen and oxygen atoms in total. The van der Waals surface area contributed by atoms with Crippen molar-refractivity contribution in [3.8, 4) is 11.3 Å². The Balaban J connectivity index is 1.62. The number of amides is 1. The minimum Gasteiger partial charge on any atom is -0.391 e. The van der Waals surface area contributed by atoms with Gasteiger partial charge in [-0.1, -0.05) is 13.0 Å². The van der Waals surface area contributed by atoms with E-state index in [-0.39, 0.29) is 23.1 Å². The monoisotopic (exact) mass is 456 g/mol. The van der Waals surface area contributed by atoms with Gasteiger partial charge in [0.25, 0.3) is 5.91 Å². The highest BCUT2D eigenvalue weighted by Crippen LogP contribution is 2.38. The first-order valence-electron chi connectivity index (χ1n) is 10.6. The summed E-state index contributed by atoms with van der Waals surface area (Å²) in [5, 5.41) is 12.9. The van der Waals surface area contributed by atoms with Crippen LogP contribution in [0.25, 0.3) is 11.3 Å². The van der Waals surface area contributed by atoms with E-state index in [1.165, 1.54) is 18.3 Å². The average molecular weight is 456 g/mol. The molecule has 172 valence electrons. The van der Waals surface area contributed by atoms with Gasteiger partial charge < -0.3 is 16.2 Å². The van der Waals surface area contributed by atoms with E-state index in [0.29, 0.717) is 18.5 Å². The average Bonchev–Trinajstić information content (AvgIpc) is 2.80. The zero-order valence-electron chi connectivity index (χ0n) is 17.8. The topological polar surface area (TPSA) is 101 Å². The number of rotatable bonds is 4. The minimum atomic E-state index is -1.25. The van der Waals surface area contributed by atoms with Gasteiger partial charge >= 0.3 is 0 Å². The number of anilines is 1. The maximum Gasteiger partial charge on any atom is 0.274 e. The number of hydrogen-bond donors (Lipinski definition) is 3. The van der Waals surface area contributed by atoms with Gasteiger partial charge in [0.05, 0.1) is 18.0 Å². The standard InChI is InChI=1S/C24H23F3N4O2/c1-12-9-13(10-18(28)23(12)32)14-7-8-29-11-20(14)31-24(33)19-6-5-17(26)22(30-19)15-3-2-4-16(25)21(15)27/h2-8,11-13,18,23,32H,9-10,28H2,1H3,(H,31,33)/t12-,13+,18+,23+/m0/s1. The number of aliphatic hydroxyl groups is 1. The van der Waals surface area contributed by atoms with Crippen LogP contribution in [0.3, 0.4) is 0 Å². The molecule has 4 atom stereocenters. The highest BCUT2D eigenvalue weighted by atomic mass is 19.2. The molecule has 0 radical (unpaired) electrons. The molecule has 2 heterocycles. The molecule has 9 heteroatoms. The van der Waals surface area contributed by atoms with E-state index in [4.69, 9.17) is 5.73 Å². The summed E-state index contributed by atoms with van der Waals surface area (Å²) in [6.45, 7) is 1.92. The molecule has 0 saturated heterocycles. The fraction of sp³-hybridized carbons (Fsp3) is 0.292. The number of nitrogens with zero attached hydrogens (tertiary/aromatic N) is 2. The quantitative estimate of drug-likeness (QED) is 0.551. The summed E-state index contributed by atoms with van der Waals surface area (Å²) in [5.74, 6) is -3.96. The van der Waals surface area contributed by atoms with Crippen molar-refractivity contribution in [2.24, 2.45) is 11.7 Å². The third kappa shape index (κ3) is 4.60. The summed E-state index contributed by atoms with van der Waals surface area (Å²) >= 11 is 0. The van der Waals surface area contributed by atoms with E-state index in [0.717, 1.165) is 23.8 Å². The molecule has 1 aliphatic carbocycles. The predicted octanol–water partition coefficient (Wildman–Crippen LogP) is 4.01. The van der Waals surface area contributed by atoms with Crippen molar-refractivity contribution in [3.63, 3.8) is 0 Å². The summed E-state index contributed by atoms with van der Waals surface area (Å²) in [6, 6.07) is 6.86. The number of halogens is 3. The first-order valence-corrected chi connectivity index (χ1v) is 10.6. The van der Waals surface area contributed by atoms with Crippen LogP contribution in [-0.2, 0) is 0 Å². The molecule has 1 fully saturated rings. The normalized spacial score (nSPS) is 22.7. The van der Waals surface area contributed by atoms with Crippen LogP contribution in [0.15, 0.2) is 48.8 Å². The van der Waals surface area contributed by atoms with E-state index in [1.54, 1.807) is 12.3 Å². The zero-order valence-corrected chi connectivity index (χ0v) is 17.8. The predicted molar refractivity (Wildman–Crippen MR) is 117 cm³/mol. The second-order valence-corrected chi connectivity index (χ2v) is 8.35. The SMILES string of the molecule is C[C@H]1C[C@@H](c2ccncc2NC(=O)c2ccc(F)c(-c3cccc(F)c3F)n2)C[C@@H](N)[C@@H]1O. The molecular formula is C24H23F3N4O2. The smallest absolute Gasteiger partial charge is 0.274 e. The van der Waals surface area contributed by atoms with Crippen molar-refractivity contribution in [2.45, 2.75) is 37.8 Å². The van der Waals surface area contributed by atoms with Crippen LogP contribution < -0.4 is 11.1 Å². The van der Waals surface area contributed by atoms with Gasteiger partial charge in [0.2, 0.25) is 0 Å². The minimum absolute atomic E-state index is 0.00479. The van der Waals surface area contributed by atoms with Gasteiger partial charge in [0.1, 0.15) is 17.2 Å². The van der Waals surface area contributed by atoms with E-state index in [1.807, 2.05) is 6.92 Å². The number of nitrogens with one attached hydrogen (secondary N) is 1. The number of pyridine rings is 2.